The fourth-order valence-electron chi connectivity index (χ4n) is 0.155. The molecule has 1 nitrogen and oxygen atoms in total. The number of rotatable bonds is 2. The zero-order valence-electron chi connectivity index (χ0n) is 4.64. The molecule has 0 N–H and O–H groups in total. The Labute approximate surface area is 48.7 Å². The standard InChI is InChI=1S/C5H9NS/c1-4-5(2)7-6-3/h4H,3H2,1-2H3/b5-4-. The highest BCUT2D eigenvalue weighted by Crippen LogP contribution is 2.12. The molecule has 0 aliphatic carbocycles. The lowest BCUT2D eigenvalue weighted by molar-refractivity contribution is 1.59. The van der Waals surface area contributed by atoms with Crippen molar-refractivity contribution in [2.75, 3.05) is 0 Å². The second-order valence-corrected chi connectivity index (χ2v) is 2.20. The molecule has 0 aliphatic rings. The lowest BCUT2D eigenvalue weighted by atomic mass is 10.6. The molecule has 0 amide bonds. The van der Waals surface area contributed by atoms with Gasteiger partial charge in [0.05, 0.1) is 0 Å². The van der Waals surface area contributed by atoms with Crippen LogP contribution in [-0.2, 0) is 0 Å². The zero-order valence-corrected chi connectivity index (χ0v) is 5.46. The summed E-state index contributed by atoms with van der Waals surface area (Å²) in [5.41, 5.74) is 0. The fraction of sp³-hybridized carbons (Fsp3) is 0.400. The largest absolute Gasteiger partial charge is 0.228 e. The van der Waals surface area contributed by atoms with E-state index in [9.17, 15) is 0 Å². The molecule has 0 radical (unpaired) electrons. The normalized spacial score (nSPS) is 11.4. The molecule has 0 unspecified atom stereocenters. The van der Waals surface area contributed by atoms with Gasteiger partial charge in [0.25, 0.3) is 0 Å². The molecule has 0 bridgehead atoms. The average molecular weight is 115 g/mol. The van der Waals surface area contributed by atoms with Crippen LogP contribution in [0.1, 0.15) is 13.8 Å². The Morgan fingerprint density at radius 2 is 2.43 bits per heavy atom. The van der Waals surface area contributed by atoms with Crippen LogP contribution in [0.15, 0.2) is 15.4 Å². The molecule has 0 rings (SSSR count). The highest BCUT2D eigenvalue weighted by atomic mass is 32.2. The van der Waals surface area contributed by atoms with E-state index < -0.39 is 0 Å². The maximum Gasteiger partial charge on any atom is 0.00436 e. The second kappa shape index (κ2) is 3.93. The molecular formula is C5H9NS. The Balaban J connectivity index is 3.36. The van der Waals surface area contributed by atoms with E-state index in [1.165, 1.54) is 16.9 Å². The Hall–Kier alpha value is -0.240. The van der Waals surface area contributed by atoms with E-state index in [1.54, 1.807) is 0 Å². The molecule has 0 spiro atoms. The van der Waals surface area contributed by atoms with Crippen molar-refractivity contribution in [1.82, 2.24) is 0 Å². The Morgan fingerprint density at radius 1 is 1.86 bits per heavy atom. The van der Waals surface area contributed by atoms with Crippen LogP contribution in [0.25, 0.3) is 0 Å². The van der Waals surface area contributed by atoms with Gasteiger partial charge >= 0.3 is 0 Å². The van der Waals surface area contributed by atoms with Crippen molar-refractivity contribution < 1.29 is 0 Å². The first kappa shape index (κ1) is 6.76. The van der Waals surface area contributed by atoms with E-state index in [0.29, 0.717) is 0 Å². The lowest BCUT2D eigenvalue weighted by Crippen LogP contribution is -1.56. The van der Waals surface area contributed by atoms with Crippen LogP contribution in [-0.4, -0.2) is 6.72 Å². The van der Waals surface area contributed by atoms with Crippen LogP contribution in [0.3, 0.4) is 0 Å². The van der Waals surface area contributed by atoms with Crippen molar-refractivity contribution in [3.8, 4) is 0 Å². The molecule has 0 saturated heterocycles. The molecule has 0 fully saturated rings. The van der Waals surface area contributed by atoms with Crippen molar-refractivity contribution in [3.05, 3.63) is 11.0 Å². The Morgan fingerprint density at radius 3 is 2.57 bits per heavy atom. The summed E-state index contributed by atoms with van der Waals surface area (Å²) < 4.78 is 3.60. The predicted molar refractivity (Wildman–Crippen MR) is 36.6 cm³/mol. The minimum absolute atomic E-state index is 1.19. The van der Waals surface area contributed by atoms with Crippen molar-refractivity contribution in [1.29, 1.82) is 0 Å². The summed E-state index contributed by atoms with van der Waals surface area (Å²) in [4.78, 5) is 1.19. The van der Waals surface area contributed by atoms with E-state index in [1.807, 2.05) is 19.9 Å². The highest BCUT2D eigenvalue weighted by molar-refractivity contribution is 8.01. The number of allylic oxidation sites excluding steroid dienone is 2. The summed E-state index contributed by atoms with van der Waals surface area (Å²) in [6, 6.07) is 0. The number of hydrogen-bond donors (Lipinski definition) is 0. The lowest BCUT2D eigenvalue weighted by Gasteiger charge is -1.85. The van der Waals surface area contributed by atoms with E-state index in [4.69, 9.17) is 0 Å². The third-order valence-corrected chi connectivity index (χ3v) is 1.27. The van der Waals surface area contributed by atoms with Crippen molar-refractivity contribution in [2.45, 2.75) is 13.8 Å². The molecule has 0 aliphatic heterocycles. The molecule has 0 saturated carbocycles. The molecule has 0 aromatic rings. The SMILES string of the molecule is C=NS/C(C)=C\C. The smallest absolute Gasteiger partial charge is 0.00436 e. The van der Waals surface area contributed by atoms with Crippen LogP contribution in [0.2, 0.25) is 0 Å². The summed E-state index contributed by atoms with van der Waals surface area (Å²) in [6.45, 7) is 7.30. The summed E-state index contributed by atoms with van der Waals surface area (Å²) in [6.07, 6.45) is 2.00. The second-order valence-electron chi connectivity index (χ2n) is 1.12. The van der Waals surface area contributed by atoms with E-state index in [-0.39, 0.29) is 0 Å². The van der Waals surface area contributed by atoms with Gasteiger partial charge in [-0.3, -0.25) is 0 Å². The van der Waals surface area contributed by atoms with Gasteiger partial charge in [0, 0.05) is 16.9 Å². The first-order valence-electron chi connectivity index (χ1n) is 2.07. The molecule has 2 heteroatoms. The van der Waals surface area contributed by atoms with Gasteiger partial charge in [0.2, 0.25) is 0 Å². The maximum atomic E-state index is 3.60. The predicted octanol–water partition coefficient (Wildman–Crippen LogP) is 2.26. The van der Waals surface area contributed by atoms with Gasteiger partial charge in [0.1, 0.15) is 0 Å². The quantitative estimate of drug-likeness (QED) is 0.397. The average Bonchev–Trinajstić information content (AvgIpc) is 1.68. The van der Waals surface area contributed by atoms with Crippen LogP contribution in [0.4, 0.5) is 0 Å². The third kappa shape index (κ3) is 3.59. The van der Waals surface area contributed by atoms with Gasteiger partial charge in [-0.1, -0.05) is 6.08 Å². The molecule has 0 atom stereocenters. The van der Waals surface area contributed by atoms with Crippen LogP contribution in [0.5, 0.6) is 0 Å². The highest BCUT2D eigenvalue weighted by Gasteiger charge is 1.78. The monoisotopic (exact) mass is 115 g/mol. The number of hydrogen-bond acceptors (Lipinski definition) is 2. The van der Waals surface area contributed by atoms with Gasteiger partial charge in [-0.15, -0.1) is 0 Å². The van der Waals surface area contributed by atoms with Crippen molar-refractivity contribution in [3.63, 3.8) is 0 Å². The summed E-state index contributed by atoms with van der Waals surface area (Å²) in [7, 11) is 0. The summed E-state index contributed by atoms with van der Waals surface area (Å²) in [5.74, 6) is 0. The van der Waals surface area contributed by atoms with Crippen molar-refractivity contribution >= 4 is 18.7 Å². The third-order valence-electron chi connectivity index (χ3n) is 0.615. The Kier molecular flexibility index (Phi) is 3.80. The summed E-state index contributed by atoms with van der Waals surface area (Å²) in [5, 5.41) is 0. The van der Waals surface area contributed by atoms with Gasteiger partial charge in [0.15, 0.2) is 0 Å². The topological polar surface area (TPSA) is 12.4 Å². The molecule has 0 aromatic carbocycles. The van der Waals surface area contributed by atoms with Crippen LogP contribution < -0.4 is 0 Å². The van der Waals surface area contributed by atoms with Gasteiger partial charge in [-0.05, 0) is 20.6 Å². The maximum absolute atomic E-state index is 3.60. The summed E-state index contributed by atoms with van der Waals surface area (Å²) >= 11 is 1.41. The fourth-order valence-corrected chi connectivity index (χ4v) is 0.464. The van der Waals surface area contributed by atoms with E-state index in [0.717, 1.165) is 0 Å². The van der Waals surface area contributed by atoms with E-state index >= 15 is 0 Å². The van der Waals surface area contributed by atoms with Crippen LogP contribution >= 0.6 is 11.9 Å². The molecule has 40 valence electrons. The van der Waals surface area contributed by atoms with Gasteiger partial charge in [-0.25, -0.2) is 4.40 Å². The first-order valence-corrected chi connectivity index (χ1v) is 2.84. The van der Waals surface area contributed by atoms with E-state index in [2.05, 4.69) is 11.1 Å². The minimum atomic E-state index is 1.19. The molecule has 0 aromatic heterocycles. The van der Waals surface area contributed by atoms with Gasteiger partial charge in [-0.2, -0.15) is 0 Å². The Bertz CT molecular complexity index is 86.1. The van der Waals surface area contributed by atoms with Crippen LogP contribution in [0, 0.1) is 0 Å². The first-order chi connectivity index (χ1) is 3.31. The zero-order chi connectivity index (χ0) is 5.70. The van der Waals surface area contributed by atoms with Gasteiger partial charge < -0.3 is 0 Å². The minimum Gasteiger partial charge on any atom is -0.228 e. The molecule has 7 heavy (non-hydrogen) atoms. The van der Waals surface area contributed by atoms with Crippen molar-refractivity contribution in [2.24, 2.45) is 4.40 Å². The number of nitrogens with zero attached hydrogens (tertiary/aromatic N) is 1. The molecule has 0 heterocycles. The molecular weight excluding hydrogens is 106 g/mol.